The van der Waals surface area contributed by atoms with E-state index in [-0.39, 0.29) is 0 Å². The fourth-order valence-electron chi connectivity index (χ4n) is 7.50. The molecule has 0 heterocycles. The molecule has 0 saturated carbocycles. The number of benzene rings is 9. The minimum absolute atomic E-state index is 1.08. The van der Waals surface area contributed by atoms with Crippen molar-refractivity contribution in [3.8, 4) is 11.1 Å². The fraction of sp³-hybridized carbons (Fsp3) is 0. The highest BCUT2D eigenvalue weighted by molar-refractivity contribution is 5.83. The van der Waals surface area contributed by atoms with Crippen LogP contribution in [0.1, 0.15) is 11.1 Å². The van der Waals surface area contributed by atoms with E-state index >= 15 is 0 Å². The maximum Gasteiger partial charge on any atom is 0.0463 e. The van der Waals surface area contributed by atoms with Crippen LogP contribution in [0.25, 0.3) is 23.3 Å². The summed E-state index contributed by atoms with van der Waals surface area (Å²) in [6.45, 7) is 0. The van der Waals surface area contributed by atoms with Gasteiger partial charge in [-0.05, 0) is 131 Å². The highest BCUT2D eigenvalue weighted by atomic mass is 15.2. The van der Waals surface area contributed by atoms with Crippen LogP contribution >= 0.6 is 0 Å². The van der Waals surface area contributed by atoms with E-state index in [9.17, 15) is 0 Å². The molecule has 0 aromatic heterocycles. The Hall–Kier alpha value is -7.88. The smallest absolute Gasteiger partial charge is 0.0463 e. The van der Waals surface area contributed by atoms with Gasteiger partial charge in [0, 0.05) is 51.2 Å². The van der Waals surface area contributed by atoms with Crippen molar-refractivity contribution in [3.63, 3.8) is 0 Å². The van der Waals surface area contributed by atoms with Gasteiger partial charge in [-0.2, -0.15) is 0 Å². The van der Waals surface area contributed by atoms with E-state index in [0.717, 1.165) is 67.9 Å². The van der Waals surface area contributed by atoms with E-state index in [2.05, 4.69) is 270 Å². The van der Waals surface area contributed by atoms with Crippen molar-refractivity contribution in [3.05, 3.63) is 260 Å². The predicted molar refractivity (Wildman–Crippen MR) is 251 cm³/mol. The van der Waals surface area contributed by atoms with Crippen LogP contribution < -0.4 is 14.7 Å². The van der Waals surface area contributed by atoms with E-state index in [0.29, 0.717) is 0 Å². The van der Waals surface area contributed by atoms with Crippen molar-refractivity contribution in [2.45, 2.75) is 0 Å². The number of para-hydroxylation sites is 4. The van der Waals surface area contributed by atoms with Crippen LogP contribution in [0.4, 0.5) is 51.2 Å². The Kier molecular flexibility index (Phi) is 10.9. The first-order chi connectivity index (χ1) is 29.3. The van der Waals surface area contributed by atoms with E-state index in [1.54, 1.807) is 0 Å². The van der Waals surface area contributed by atoms with Crippen LogP contribution in [0.5, 0.6) is 0 Å². The van der Waals surface area contributed by atoms with Gasteiger partial charge >= 0.3 is 0 Å². The molecule has 0 bridgehead atoms. The van der Waals surface area contributed by atoms with Gasteiger partial charge in [0.2, 0.25) is 0 Å². The second-order valence-electron chi connectivity index (χ2n) is 14.3. The van der Waals surface area contributed by atoms with Gasteiger partial charge in [-0.15, -0.1) is 0 Å². The number of nitrogens with zero attached hydrogens (tertiary/aromatic N) is 3. The number of hydrogen-bond acceptors (Lipinski definition) is 3. The molecule has 9 aromatic carbocycles. The lowest BCUT2D eigenvalue weighted by atomic mass is 10.0. The third-order valence-corrected chi connectivity index (χ3v) is 10.4. The van der Waals surface area contributed by atoms with Crippen LogP contribution in [-0.4, -0.2) is 0 Å². The van der Waals surface area contributed by atoms with Crippen LogP contribution in [-0.2, 0) is 0 Å². The van der Waals surface area contributed by atoms with Gasteiger partial charge in [0.25, 0.3) is 0 Å². The molecule has 0 aliphatic carbocycles. The molecule has 0 atom stereocenters. The van der Waals surface area contributed by atoms with Gasteiger partial charge in [0.1, 0.15) is 0 Å². The second-order valence-corrected chi connectivity index (χ2v) is 14.3. The zero-order chi connectivity index (χ0) is 39.6. The summed E-state index contributed by atoms with van der Waals surface area (Å²) in [7, 11) is 0. The normalized spacial score (nSPS) is 11.0. The van der Waals surface area contributed by atoms with Crippen molar-refractivity contribution in [2.75, 3.05) is 14.7 Å². The number of rotatable bonds is 12. The minimum atomic E-state index is 1.08. The molecule has 9 aromatic rings. The van der Waals surface area contributed by atoms with Crippen LogP contribution in [0.3, 0.4) is 0 Å². The lowest BCUT2D eigenvalue weighted by Crippen LogP contribution is -2.12. The Morgan fingerprint density at radius 1 is 0.186 bits per heavy atom. The maximum atomic E-state index is 2.31. The Morgan fingerprint density at radius 3 is 0.678 bits per heavy atom. The molecule has 9 rings (SSSR count). The second kappa shape index (κ2) is 17.5. The van der Waals surface area contributed by atoms with Crippen LogP contribution in [0.2, 0.25) is 0 Å². The van der Waals surface area contributed by atoms with Crippen molar-refractivity contribution in [2.24, 2.45) is 0 Å². The third-order valence-electron chi connectivity index (χ3n) is 10.4. The highest BCUT2D eigenvalue weighted by Crippen LogP contribution is 2.40. The standard InChI is InChI=1S/C56H43N3/c1-6-16-44(17-7-1)26-27-45-28-34-52(35-29-45)58(50-22-12-4-13-23-50)53-36-30-46(31-37-53)47-32-38-54(39-33-47)59(51-24-14-5-15-25-51)56-42-40-55(41-43-56)57(48-18-8-2-9-19-48)49-20-10-3-11-21-49/h1-43H/b27-26+. The summed E-state index contributed by atoms with van der Waals surface area (Å²) in [5.74, 6) is 0. The molecule has 3 heteroatoms. The van der Waals surface area contributed by atoms with Crippen molar-refractivity contribution in [1.82, 2.24) is 0 Å². The largest absolute Gasteiger partial charge is 0.311 e. The molecule has 282 valence electrons. The van der Waals surface area contributed by atoms with Gasteiger partial charge in [-0.25, -0.2) is 0 Å². The van der Waals surface area contributed by atoms with Gasteiger partial charge in [-0.1, -0.05) is 152 Å². The maximum absolute atomic E-state index is 2.31. The first-order valence-electron chi connectivity index (χ1n) is 20.0. The molecule has 59 heavy (non-hydrogen) atoms. The first kappa shape index (κ1) is 36.7. The Balaban J connectivity index is 0.982. The molecule has 0 fully saturated rings. The van der Waals surface area contributed by atoms with Gasteiger partial charge < -0.3 is 14.7 Å². The van der Waals surface area contributed by atoms with Gasteiger partial charge in [0.05, 0.1) is 0 Å². The molecule has 0 spiro atoms. The zero-order valence-electron chi connectivity index (χ0n) is 32.7. The molecule has 0 amide bonds. The van der Waals surface area contributed by atoms with Crippen LogP contribution in [0.15, 0.2) is 249 Å². The quantitative estimate of drug-likeness (QED) is 0.115. The molecule has 0 N–H and O–H groups in total. The van der Waals surface area contributed by atoms with E-state index in [4.69, 9.17) is 0 Å². The van der Waals surface area contributed by atoms with Gasteiger partial charge in [-0.3, -0.25) is 0 Å². The minimum Gasteiger partial charge on any atom is -0.311 e. The molecule has 0 aliphatic heterocycles. The van der Waals surface area contributed by atoms with Crippen molar-refractivity contribution in [1.29, 1.82) is 0 Å². The van der Waals surface area contributed by atoms with Gasteiger partial charge in [0.15, 0.2) is 0 Å². The number of hydrogen-bond donors (Lipinski definition) is 0. The average molecular weight is 758 g/mol. The molecule has 3 nitrogen and oxygen atoms in total. The fourth-order valence-corrected chi connectivity index (χ4v) is 7.50. The highest BCUT2D eigenvalue weighted by Gasteiger charge is 2.17. The number of anilines is 9. The van der Waals surface area contributed by atoms with Crippen molar-refractivity contribution >= 4 is 63.3 Å². The Morgan fingerprint density at radius 2 is 0.390 bits per heavy atom. The summed E-state index contributed by atoms with van der Waals surface area (Å²) < 4.78 is 0. The molecule has 0 radical (unpaired) electrons. The predicted octanol–water partition coefficient (Wildman–Crippen LogP) is 15.9. The average Bonchev–Trinajstić information content (AvgIpc) is 3.32. The molecular weight excluding hydrogens is 715 g/mol. The summed E-state index contributed by atoms with van der Waals surface area (Å²) in [5, 5.41) is 0. The summed E-state index contributed by atoms with van der Waals surface area (Å²) in [5.41, 5.74) is 14.6. The topological polar surface area (TPSA) is 9.72 Å². The van der Waals surface area contributed by atoms with Crippen molar-refractivity contribution < 1.29 is 0 Å². The summed E-state index contributed by atoms with van der Waals surface area (Å²) >= 11 is 0. The van der Waals surface area contributed by atoms with E-state index in [1.165, 1.54) is 5.56 Å². The summed E-state index contributed by atoms with van der Waals surface area (Å²) in [4.78, 5) is 6.91. The monoisotopic (exact) mass is 757 g/mol. The molecule has 0 aliphatic rings. The van der Waals surface area contributed by atoms with E-state index in [1.807, 2.05) is 6.07 Å². The van der Waals surface area contributed by atoms with Crippen LogP contribution in [0, 0.1) is 0 Å². The lowest BCUT2D eigenvalue weighted by molar-refractivity contribution is 1.26. The Bertz CT molecular complexity index is 2660. The summed E-state index contributed by atoms with van der Waals surface area (Å²) in [6, 6.07) is 87.9. The zero-order valence-corrected chi connectivity index (χ0v) is 32.7. The lowest BCUT2D eigenvalue weighted by Gasteiger charge is -2.28. The molecule has 0 saturated heterocycles. The van der Waals surface area contributed by atoms with E-state index < -0.39 is 0 Å². The third kappa shape index (κ3) is 8.46. The summed E-state index contributed by atoms with van der Waals surface area (Å²) in [6.07, 6.45) is 4.31. The molecular formula is C56H43N3. The molecule has 0 unspecified atom stereocenters. The first-order valence-corrected chi connectivity index (χ1v) is 20.0. The Labute approximate surface area is 347 Å². The SMILES string of the molecule is C(=C\c1ccc(N(c2ccccc2)c2ccc(-c3ccc(N(c4ccccc4)c4ccc(N(c5ccccc5)c5ccccc5)cc4)cc3)cc2)cc1)/c1ccccc1.